The first-order chi connectivity index (χ1) is 14.6. The van der Waals surface area contributed by atoms with E-state index in [4.69, 9.17) is 0 Å². The SMILES string of the molecule is CC1CN(C(=O)c2ccccc2)c2ccccc2N(CCCc2ccccc2)C1=O. The predicted molar refractivity (Wildman–Crippen MR) is 121 cm³/mol. The average Bonchev–Trinajstić information content (AvgIpc) is 2.90. The molecule has 3 aromatic rings. The highest BCUT2D eigenvalue weighted by Gasteiger charge is 2.33. The maximum atomic E-state index is 13.3. The summed E-state index contributed by atoms with van der Waals surface area (Å²) in [7, 11) is 0. The summed E-state index contributed by atoms with van der Waals surface area (Å²) in [4.78, 5) is 30.1. The van der Waals surface area contributed by atoms with Crippen LogP contribution in [0.25, 0.3) is 0 Å². The molecule has 1 aliphatic heterocycles. The summed E-state index contributed by atoms with van der Waals surface area (Å²) in [5.41, 5.74) is 3.50. The van der Waals surface area contributed by atoms with Gasteiger partial charge >= 0.3 is 0 Å². The number of hydrogen-bond acceptors (Lipinski definition) is 2. The normalized spacial score (nSPS) is 16.2. The summed E-state index contributed by atoms with van der Waals surface area (Å²) in [5, 5.41) is 0. The molecule has 0 saturated carbocycles. The molecule has 1 aliphatic rings. The van der Waals surface area contributed by atoms with Crippen LogP contribution in [0.3, 0.4) is 0 Å². The average molecular weight is 399 g/mol. The van der Waals surface area contributed by atoms with Crippen molar-refractivity contribution in [3.05, 3.63) is 96.1 Å². The van der Waals surface area contributed by atoms with E-state index in [0.717, 1.165) is 24.2 Å². The highest BCUT2D eigenvalue weighted by molar-refractivity contribution is 6.11. The largest absolute Gasteiger partial charge is 0.310 e. The minimum atomic E-state index is -0.276. The molecular formula is C26H26N2O2. The molecule has 0 aliphatic carbocycles. The third-order valence-corrected chi connectivity index (χ3v) is 5.56. The second-order valence-electron chi connectivity index (χ2n) is 7.75. The van der Waals surface area contributed by atoms with Crippen molar-refractivity contribution in [3.63, 3.8) is 0 Å². The smallest absolute Gasteiger partial charge is 0.258 e. The Morgan fingerprint density at radius 3 is 2.17 bits per heavy atom. The number of para-hydroxylation sites is 2. The van der Waals surface area contributed by atoms with Crippen LogP contribution in [0.15, 0.2) is 84.9 Å². The summed E-state index contributed by atoms with van der Waals surface area (Å²) >= 11 is 0. The summed E-state index contributed by atoms with van der Waals surface area (Å²) in [5.74, 6) is -0.283. The fraction of sp³-hybridized carbons (Fsp3) is 0.231. The van der Waals surface area contributed by atoms with Gasteiger partial charge in [-0.25, -0.2) is 0 Å². The van der Waals surface area contributed by atoms with Crippen LogP contribution in [0.1, 0.15) is 29.3 Å². The first kappa shape index (κ1) is 19.9. The van der Waals surface area contributed by atoms with Crippen molar-refractivity contribution in [3.8, 4) is 0 Å². The maximum Gasteiger partial charge on any atom is 0.258 e. The lowest BCUT2D eigenvalue weighted by Crippen LogP contribution is -2.38. The molecule has 0 saturated heterocycles. The number of benzene rings is 3. The van der Waals surface area contributed by atoms with Gasteiger partial charge in [-0.1, -0.05) is 67.6 Å². The first-order valence-corrected chi connectivity index (χ1v) is 10.5. The zero-order valence-electron chi connectivity index (χ0n) is 17.2. The van der Waals surface area contributed by atoms with Gasteiger partial charge in [0.1, 0.15) is 0 Å². The van der Waals surface area contributed by atoms with Gasteiger partial charge in [0.15, 0.2) is 0 Å². The summed E-state index contributed by atoms with van der Waals surface area (Å²) in [6.07, 6.45) is 1.78. The number of nitrogens with zero attached hydrogens (tertiary/aromatic N) is 2. The summed E-state index contributed by atoms with van der Waals surface area (Å²) < 4.78 is 0. The molecule has 1 heterocycles. The Labute approximate surface area is 177 Å². The van der Waals surface area contributed by atoms with Crippen molar-refractivity contribution >= 4 is 23.2 Å². The molecular weight excluding hydrogens is 372 g/mol. The van der Waals surface area contributed by atoms with Crippen LogP contribution in [0.4, 0.5) is 11.4 Å². The highest BCUT2D eigenvalue weighted by atomic mass is 16.2. The molecule has 3 aromatic carbocycles. The topological polar surface area (TPSA) is 40.6 Å². The van der Waals surface area contributed by atoms with Crippen LogP contribution in [0.2, 0.25) is 0 Å². The van der Waals surface area contributed by atoms with Crippen LogP contribution in [0, 0.1) is 5.92 Å². The van der Waals surface area contributed by atoms with Gasteiger partial charge in [-0.15, -0.1) is 0 Å². The first-order valence-electron chi connectivity index (χ1n) is 10.5. The lowest BCUT2D eigenvalue weighted by molar-refractivity contribution is -0.121. The number of aryl methyl sites for hydroxylation is 1. The molecule has 0 spiro atoms. The molecule has 0 fully saturated rings. The van der Waals surface area contributed by atoms with E-state index in [9.17, 15) is 9.59 Å². The minimum Gasteiger partial charge on any atom is -0.310 e. The lowest BCUT2D eigenvalue weighted by atomic mass is 10.1. The molecule has 30 heavy (non-hydrogen) atoms. The quantitative estimate of drug-likeness (QED) is 0.610. The molecule has 4 rings (SSSR count). The molecule has 152 valence electrons. The lowest BCUT2D eigenvalue weighted by Gasteiger charge is -2.25. The van der Waals surface area contributed by atoms with Crippen LogP contribution in [-0.2, 0) is 11.2 Å². The Balaban J connectivity index is 1.62. The van der Waals surface area contributed by atoms with E-state index in [1.807, 2.05) is 84.6 Å². The Kier molecular flexibility index (Phi) is 5.94. The van der Waals surface area contributed by atoms with E-state index in [-0.39, 0.29) is 17.7 Å². The molecule has 4 nitrogen and oxygen atoms in total. The number of rotatable bonds is 5. The van der Waals surface area contributed by atoms with Crippen molar-refractivity contribution in [2.75, 3.05) is 22.9 Å². The Bertz CT molecular complexity index is 1020. The second kappa shape index (κ2) is 8.95. The number of hydrogen-bond donors (Lipinski definition) is 0. The molecule has 2 amide bonds. The molecule has 0 N–H and O–H groups in total. The van der Waals surface area contributed by atoms with Gasteiger partial charge in [0, 0.05) is 18.7 Å². The van der Waals surface area contributed by atoms with Crippen LogP contribution in [0.5, 0.6) is 0 Å². The van der Waals surface area contributed by atoms with Crippen LogP contribution >= 0.6 is 0 Å². The van der Waals surface area contributed by atoms with Gasteiger partial charge in [0.25, 0.3) is 5.91 Å². The molecule has 1 atom stereocenters. The van der Waals surface area contributed by atoms with E-state index in [2.05, 4.69) is 12.1 Å². The molecule has 4 heteroatoms. The van der Waals surface area contributed by atoms with Gasteiger partial charge in [-0.3, -0.25) is 9.59 Å². The van der Waals surface area contributed by atoms with Crippen molar-refractivity contribution in [2.24, 2.45) is 5.92 Å². The third-order valence-electron chi connectivity index (χ3n) is 5.56. The van der Waals surface area contributed by atoms with Gasteiger partial charge in [0.05, 0.1) is 17.3 Å². The van der Waals surface area contributed by atoms with E-state index in [1.54, 1.807) is 4.90 Å². The Hall–Kier alpha value is -3.40. The van der Waals surface area contributed by atoms with Gasteiger partial charge in [-0.2, -0.15) is 0 Å². The zero-order valence-corrected chi connectivity index (χ0v) is 17.2. The number of amides is 2. The number of carbonyl (C=O) groups excluding carboxylic acids is 2. The van der Waals surface area contributed by atoms with E-state index in [0.29, 0.717) is 18.7 Å². The highest BCUT2D eigenvalue weighted by Crippen LogP contribution is 2.35. The van der Waals surface area contributed by atoms with Gasteiger partial charge in [0.2, 0.25) is 5.91 Å². The fourth-order valence-electron chi connectivity index (χ4n) is 4.00. The van der Waals surface area contributed by atoms with Gasteiger partial charge < -0.3 is 9.80 Å². The second-order valence-corrected chi connectivity index (χ2v) is 7.75. The molecule has 0 bridgehead atoms. The van der Waals surface area contributed by atoms with Gasteiger partial charge in [-0.05, 0) is 42.7 Å². The van der Waals surface area contributed by atoms with Crippen molar-refractivity contribution < 1.29 is 9.59 Å². The van der Waals surface area contributed by atoms with Crippen LogP contribution in [-0.4, -0.2) is 24.9 Å². The summed E-state index contributed by atoms with van der Waals surface area (Å²) in [6, 6.07) is 27.3. The third kappa shape index (κ3) is 4.13. The number of fused-ring (bicyclic) bond motifs is 1. The molecule has 0 radical (unpaired) electrons. The van der Waals surface area contributed by atoms with Crippen molar-refractivity contribution in [1.29, 1.82) is 0 Å². The van der Waals surface area contributed by atoms with Crippen LogP contribution < -0.4 is 9.80 Å². The number of carbonyl (C=O) groups is 2. The maximum absolute atomic E-state index is 13.3. The summed E-state index contributed by atoms with van der Waals surface area (Å²) in [6.45, 7) is 2.91. The predicted octanol–water partition coefficient (Wildman–Crippen LogP) is 4.95. The molecule has 1 unspecified atom stereocenters. The zero-order chi connectivity index (χ0) is 20.9. The van der Waals surface area contributed by atoms with E-state index in [1.165, 1.54) is 5.56 Å². The Morgan fingerprint density at radius 1 is 0.867 bits per heavy atom. The Morgan fingerprint density at radius 2 is 1.47 bits per heavy atom. The fourth-order valence-corrected chi connectivity index (χ4v) is 4.00. The van der Waals surface area contributed by atoms with E-state index < -0.39 is 0 Å². The minimum absolute atomic E-state index is 0.0684. The standard InChI is InChI=1S/C26H26N2O2/c1-20-19-28(26(30)22-14-6-3-7-15-22)24-17-9-8-16-23(24)27(25(20)29)18-10-13-21-11-4-2-5-12-21/h2-9,11-12,14-17,20H,10,13,18-19H2,1H3. The monoisotopic (exact) mass is 398 g/mol. The molecule has 0 aromatic heterocycles. The number of anilines is 2. The van der Waals surface area contributed by atoms with E-state index >= 15 is 0 Å². The van der Waals surface area contributed by atoms with Crippen molar-refractivity contribution in [1.82, 2.24) is 0 Å². The van der Waals surface area contributed by atoms with Crippen molar-refractivity contribution in [2.45, 2.75) is 19.8 Å².